The molecule has 0 aliphatic carbocycles. The van der Waals surface area contributed by atoms with E-state index in [1.807, 2.05) is 0 Å². The highest BCUT2D eigenvalue weighted by Crippen LogP contribution is 2.18. The highest BCUT2D eigenvalue weighted by molar-refractivity contribution is 9.10. The van der Waals surface area contributed by atoms with Crippen LogP contribution in [0.4, 0.5) is 5.69 Å². The Hall–Kier alpha value is -0.880. The maximum Gasteiger partial charge on any atom is 0.283 e. The van der Waals surface area contributed by atoms with Gasteiger partial charge in [0.15, 0.2) is 0 Å². The van der Waals surface area contributed by atoms with Crippen LogP contribution >= 0.6 is 15.9 Å². The van der Waals surface area contributed by atoms with Crippen LogP contribution in [0.3, 0.4) is 0 Å². The molecule has 1 aromatic heterocycles. The quantitative estimate of drug-likeness (QED) is 0.797. The second-order valence-electron chi connectivity index (χ2n) is 5.33. The lowest BCUT2D eigenvalue weighted by Gasteiger charge is -2.12. The Kier molecular flexibility index (Phi) is 6.04. The molecular formula is C14H23BrN4O. The van der Waals surface area contributed by atoms with Crippen LogP contribution in [-0.2, 0) is 6.54 Å². The van der Waals surface area contributed by atoms with E-state index in [1.165, 1.54) is 11.1 Å². The van der Waals surface area contributed by atoms with E-state index in [2.05, 4.69) is 38.6 Å². The SMILES string of the molecule is CCCCn1ncc(NCCC2CCNC2)c(Br)c1=O. The standard InChI is InChI=1S/C14H23BrN4O/c1-2-3-8-19-14(20)13(15)12(10-18-19)17-7-5-11-4-6-16-9-11/h10-11,16-17H,2-9H2,1H3. The Morgan fingerprint density at radius 2 is 2.45 bits per heavy atom. The molecule has 0 spiro atoms. The van der Waals surface area contributed by atoms with E-state index < -0.39 is 0 Å². The zero-order chi connectivity index (χ0) is 14.4. The Balaban J connectivity index is 1.91. The summed E-state index contributed by atoms with van der Waals surface area (Å²) in [5.74, 6) is 0.749. The molecule has 20 heavy (non-hydrogen) atoms. The number of hydrogen-bond donors (Lipinski definition) is 2. The van der Waals surface area contributed by atoms with E-state index in [0.717, 1.165) is 50.5 Å². The molecule has 6 heteroatoms. The first-order valence-electron chi connectivity index (χ1n) is 7.42. The normalized spacial score (nSPS) is 18.4. The molecule has 5 nitrogen and oxygen atoms in total. The van der Waals surface area contributed by atoms with E-state index in [4.69, 9.17) is 0 Å². The van der Waals surface area contributed by atoms with Crippen molar-refractivity contribution in [2.45, 2.75) is 39.2 Å². The minimum absolute atomic E-state index is 0.0500. The maximum atomic E-state index is 12.1. The van der Waals surface area contributed by atoms with E-state index >= 15 is 0 Å². The summed E-state index contributed by atoms with van der Waals surface area (Å²) in [5.41, 5.74) is 0.750. The average molecular weight is 343 g/mol. The Morgan fingerprint density at radius 1 is 1.60 bits per heavy atom. The zero-order valence-electron chi connectivity index (χ0n) is 12.0. The van der Waals surface area contributed by atoms with Crippen LogP contribution in [-0.4, -0.2) is 29.4 Å². The number of halogens is 1. The molecule has 2 rings (SSSR count). The van der Waals surface area contributed by atoms with Gasteiger partial charge in [-0.15, -0.1) is 0 Å². The van der Waals surface area contributed by atoms with Crippen LogP contribution in [0.5, 0.6) is 0 Å². The topological polar surface area (TPSA) is 59.0 Å². The summed E-state index contributed by atoms with van der Waals surface area (Å²) >= 11 is 3.39. The molecule has 0 amide bonds. The fraction of sp³-hybridized carbons (Fsp3) is 0.714. The molecule has 0 radical (unpaired) electrons. The van der Waals surface area contributed by atoms with Crippen LogP contribution in [0.25, 0.3) is 0 Å². The summed E-state index contributed by atoms with van der Waals surface area (Å²) in [4.78, 5) is 12.1. The second-order valence-corrected chi connectivity index (χ2v) is 6.12. The van der Waals surface area contributed by atoms with Crippen molar-refractivity contribution in [1.29, 1.82) is 0 Å². The number of rotatable bonds is 7. The molecule has 1 aliphatic rings. The van der Waals surface area contributed by atoms with Gasteiger partial charge in [0.1, 0.15) is 4.47 Å². The first-order valence-corrected chi connectivity index (χ1v) is 8.22. The van der Waals surface area contributed by atoms with Crippen LogP contribution in [0.2, 0.25) is 0 Å². The van der Waals surface area contributed by atoms with Gasteiger partial charge in [-0.05, 0) is 54.2 Å². The molecule has 1 saturated heterocycles. The van der Waals surface area contributed by atoms with Crippen molar-refractivity contribution in [2.24, 2.45) is 5.92 Å². The van der Waals surface area contributed by atoms with Crippen LogP contribution in [0.15, 0.2) is 15.5 Å². The predicted octanol–water partition coefficient (Wildman–Crippen LogP) is 2.22. The first-order chi connectivity index (χ1) is 9.72. The van der Waals surface area contributed by atoms with E-state index in [1.54, 1.807) is 6.20 Å². The third-order valence-corrected chi connectivity index (χ3v) is 4.51. The molecular weight excluding hydrogens is 320 g/mol. The number of anilines is 1. The van der Waals surface area contributed by atoms with Gasteiger partial charge in [0.25, 0.3) is 5.56 Å². The van der Waals surface area contributed by atoms with Gasteiger partial charge in [-0.3, -0.25) is 4.79 Å². The fourth-order valence-electron chi connectivity index (χ4n) is 2.43. The Labute approximate surface area is 128 Å². The van der Waals surface area contributed by atoms with Crippen molar-refractivity contribution >= 4 is 21.6 Å². The van der Waals surface area contributed by atoms with Gasteiger partial charge >= 0.3 is 0 Å². The molecule has 0 bridgehead atoms. The largest absolute Gasteiger partial charge is 0.383 e. The van der Waals surface area contributed by atoms with Crippen molar-refractivity contribution in [3.63, 3.8) is 0 Å². The summed E-state index contributed by atoms with van der Waals surface area (Å²) < 4.78 is 2.12. The number of unbranched alkanes of at least 4 members (excludes halogenated alkanes) is 1. The lowest BCUT2D eigenvalue weighted by molar-refractivity contribution is 0.538. The highest BCUT2D eigenvalue weighted by Gasteiger charge is 2.14. The van der Waals surface area contributed by atoms with Crippen LogP contribution in [0.1, 0.15) is 32.6 Å². The Morgan fingerprint density at radius 3 is 3.15 bits per heavy atom. The number of nitrogens with one attached hydrogen (secondary N) is 2. The van der Waals surface area contributed by atoms with Gasteiger partial charge in [0.05, 0.1) is 11.9 Å². The number of nitrogens with zero attached hydrogens (tertiary/aromatic N) is 2. The van der Waals surface area contributed by atoms with Crippen LogP contribution < -0.4 is 16.2 Å². The predicted molar refractivity (Wildman–Crippen MR) is 85.2 cm³/mol. The van der Waals surface area contributed by atoms with Gasteiger partial charge in [0, 0.05) is 13.1 Å². The smallest absolute Gasteiger partial charge is 0.283 e. The summed E-state index contributed by atoms with van der Waals surface area (Å²) in [6.45, 7) is 5.91. The minimum Gasteiger partial charge on any atom is -0.383 e. The molecule has 2 heterocycles. The molecule has 0 saturated carbocycles. The zero-order valence-corrected chi connectivity index (χ0v) is 13.6. The number of aryl methyl sites for hydroxylation is 1. The fourth-order valence-corrected chi connectivity index (χ4v) is 2.87. The molecule has 112 valence electrons. The van der Waals surface area contributed by atoms with Gasteiger partial charge in [-0.2, -0.15) is 5.10 Å². The summed E-state index contributed by atoms with van der Waals surface area (Å²) in [6.07, 6.45) is 6.15. The van der Waals surface area contributed by atoms with E-state index in [-0.39, 0.29) is 5.56 Å². The molecule has 0 aromatic carbocycles. The molecule has 1 atom stereocenters. The van der Waals surface area contributed by atoms with E-state index in [0.29, 0.717) is 11.0 Å². The number of aromatic nitrogens is 2. The molecule has 1 aliphatic heterocycles. The lowest BCUT2D eigenvalue weighted by Crippen LogP contribution is -2.25. The third-order valence-electron chi connectivity index (χ3n) is 3.74. The monoisotopic (exact) mass is 342 g/mol. The van der Waals surface area contributed by atoms with Gasteiger partial charge < -0.3 is 10.6 Å². The van der Waals surface area contributed by atoms with Crippen molar-refractivity contribution in [1.82, 2.24) is 15.1 Å². The average Bonchev–Trinajstić information content (AvgIpc) is 2.96. The molecule has 1 unspecified atom stereocenters. The Bertz CT molecular complexity index is 483. The lowest BCUT2D eigenvalue weighted by atomic mass is 10.1. The van der Waals surface area contributed by atoms with Gasteiger partial charge in [-0.1, -0.05) is 13.3 Å². The van der Waals surface area contributed by atoms with Crippen LogP contribution in [0, 0.1) is 5.92 Å². The molecule has 1 aromatic rings. The van der Waals surface area contributed by atoms with Crippen molar-refractivity contribution in [3.8, 4) is 0 Å². The van der Waals surface area contributed by atoms with Crippen molar-refractivity contribution in [2.75, 3.05) is 25.0 Å². The second kappa shape index (κ2) is 7.78. The molecule has 2 N–H and O–H groups in total. The summed E-state index contributed by atoms with van der Waals surface area (Å²) in [7, 11) is 0. The van der Waals surface area contributed by atoms with Crippen molar-refractivity contribution < 1.29 is 0 Å². The van der Waals surface area contributed by atoms with Gasteiger partial charge in [0.2, 0.25) is 0 Å². The molecule has 1 fully saturated rings. The van der Waals surface area contributed by atoms with Crippen molar-refractivity contribution in [3.05, 3.63) is 21.0 Å². The highest BCUT2D eigenvalue weighted by atomic mass is 79.9. The maximum absolute atomic E-state index is 12.1. The summed E-state index contributed by atoms with van der Waals surface area (Å²) in [6, 6.07) is 0. The third kappa shape index (κ3) is 4.06. The van der Waals surface area contributed by atoms with E-state index in [9.17, 15) is 4.79 Å². The van der Waals surface area contributed by atoms with Gasteiger partial charge in [-0.25, -0.2) is 4.68 Å². The minimum atomic E-state index is -0.0500. The summed E-state index contributed by atoms with van der Waals surface area (Å²) in [5, 5.41) is 10.9. The first kappa shape index (κ1) is 15.5. The number of hydrogen-bond acceptors (Lipinski definition) is 4.